The van der Waals surface area contributed by atoms with E-state index in [9.17, 15) is 0 Å². The number of nitriles is 1. The molecule has 3 heteroatoms. The van der Waals surface area contributed by atoms with E-state index in [2.05, 4.69) is 9.99 Å². The molecule has 0 fully saturated rings. The highest BCUT2D eigenvalue weighted by Gasteiger charge is 1.89. The summed E-state index contributed by atoms with van der Waals surface area (Å²) in [5.41, 5.74) is 1.56. The molecule has 0 unspecified atom stereocenters. The second-order valence-electron chi connectivity index (χ2n) is 2.15. The first kappa shape index (κ1) is 8.28. The Morgan fingerprint density at radius 2 is 2.08 bits per heavy atom. The summed E-state index contributed by atoms with van der Waals surface area (Å²) < 4.78 is 0. The maximum absolute atomic E-state index is 8.50. The van der Waals surface area contributed by atoms with Gasteiger partial charge >= 0.3 is 0 Å². The van der Waals surface area contributed by atoms with Crippen molar-refractivity contribution in [1.82, 2.24) is 0 Å². The van der Waals surface area contributed by atoms with Gasteiger partial charge in [0, 0.05) is 0 Å². The second-order valence-corrected chi connectivity index (χ2v) is 2.15. The molecule has 1 rings (SSSR count). The van der Waals surface area contributed by atoms with E-state index in [0.717, 1.165) is 5.56 Å². The molecule has 60 valence electrons. The maximum atomic E-state index is 8.50. The summed E-state index contributed by atoms with van der Waals surface area (Å²) in [6, 6.07) is 9.11. The van der Waals surface area contributed by atoms with Crippen LogP contribution in [0.5, 0.6) is 0 Å². The average molecular weight is 160 g/mol. The standard InChI is InChI=1S/C9H8N2O/c1-12-11-7-9-4-2-8(6-10)3-5-9/h2-5,7H,1H3/b11-7-. The van der Waals surface area contributed by atoms with Crippen LogP contribution in [0.4, 0.5) is 0 Å². The van der Waals surface area contributed by atoms with E-state index in [1.807, 2.05) is 6.07 Å². The van der Waals surface area contributed by atoms with Crippen LogP contribution in [0.25, 0.3) is 0 Å². The summed E-state index contributed by atoms with van der Waals surface area (Å²) in [5.74, 6) is 0. The highest BCUT2D eigenvalue weighted by Crippen LogP contribution is 2.00. The summed E-state index contributed by atoms with van der Waals surface area (Å²) in [4.78, 5) is 4.51. The number of hydrogen-bond acceptors (Lipinski definition) is 3. The van der Waals surface area contributed by atoms with Crippen molar-refractivity contribution in [2.75, 3.05) is 7.11 Å². The normalized spacial score (nSPS) is 9.67. The molecule has 0 bridgehead atoms. The van der Waals surface area contributed by atoms with Gasteiger partial charge < -0.3 is 4.84 Å². The van der Waals surface area contributed by atoms with E-state index in [4.69, 9.17) is 5.26 Å². The monoisotopic (exact) mass is 160 g/mol. The molecule has 0 atom stereocenters. The first-order valence-electron chi connectivity index (χ1n) is 3.43. The Hall–Kier alpha value is -1.82. The minimum atomic E-state index is 0.643. The molecule has 0 spiro atoms. The van der Waals surface area contributed by atoms with Crippen molar-refractivity contribution in [1.29, 1.82) is 5.26 Å². The molecule has 0 aliphatic rings. The van der Waals surface area contributed by atoms with Crippen LogP contribution in [-0.2, 0) is 4.84 Å². The minimum absolute atomic E-state index is 0.643. The minimum Gasteiger partial charge on any atom is -0.399 e. The molecule has 12 heavy (non-hydrogen) atoms. The zero-order valence-electron chi connectivity index (χ0n) is 6.69. The van der Waals surface area contributed by atoms with Gasteiger partial charge in [-0.25, -0.2) is 0 Å². The Balaban J connectivity index is 2.80. The fourth-order valence-corrected chi connectivity index (χ4v) is 0.757. The van der Waals surface area contributed by atoms with Gasteiger partial charge in [0.15, 0.2) is 0 Å². The maximum Gasteiger partial charge on any atom is 0.106 e. The lowest BCUT2D eigenvalue weighted by atomic mass is 10.2. The zero-order chi connectivity index (χ0) is 8.81. The Bertz CT molecular complexity index is 308. The van der Waals surface area contributed by atoms with Gasteiger partial charge in [0.25, 0.3) is 0 Å². The fraction of sp³-hybridized carbons (Fsp3) is 0.111. The van der Waals surface area contributed by atoms with Crippen LogP contribution in [-0.4, -0.2) is 13.3 Å². The number of oxime groups is 1. The summed E-state index contributed by atoms with van der Waals surface area (Å²) in [5, 5.41) is 12.1. The number of nitrogens with zero attached hydrogens (tertiary/aromatic N) is 2. The number of benzene rings is 1. The van der Waals surface area contributed by atoms with Crippen molar-refractivity contribution in [2.24, 2.45) is 5.16 Å². The van der Waals surface area contributed by atoms with E-state index in [1.165, 1.54) is 7.11 Å². The largest absolute Gasteiger partial charge is 0.399 e. The summed E-state index contributed by atoms with van der Waals surface area (Å²) >= 11 is 0. The topological polar surface area (TPSA) is 45.4 Å². The quantitative estimate of drug-likeness (QED) is 0.486. The molecule has 1 aromatic rings. The Labute approximate surface area is 70.9 Å². The van der Waals surface area contributed by atoms with Gasteiger partial charge in [0.2, 0.25) is 0 Å². The molecule has 0 saturated heterocycles. The van der Waals surface area contributed by atoms with Crippen molar-refractivity contribution in [3.63, 3.8) is 0 Å². The van der Waals surface area contributed by atoms with Gasteiger partial charge in [-0.3, -0.25) is 0 Å². The van der Waals surface area contributed by atoms with Gasteiger partial charge in [-0.1, -0.05) is 17.3 Å². The lowest BCUT2D eigenvalue weighted by molar-refractivity contribution is 0.215. The predicted octanol–water partition coefficient (Wildman–Crippen LogP) is 1.54. The van der Waals surface area contributed by atoms with Crippen LogP contribution in [0, 0.1) is 11.3 Å². The van der Waals surface area contributed by atoms with Crippen LogP contribution in [0.3, 0.4) is 0 Å². The third-order valence-electron chi connectivity index (χ3n) is 1.35. The van der Waals surface area contributed by atoms with Gasteiger partial charge in [0.1, 0.15) is 7.11 Å². The molecular weight excluding hydrogens is 152 g/mol. The van der Waals surface area contributed by atoms with Crippen molar-refractivity contribution in [3.05, 3.63) is 35.4 Å². The smallest absolute Gasteiger partial charge is 0.106 e. The molecule has 0 aliphatic heterocycles. The highest BCUT2D eigenvalue weighted by molar-refractivity contribution is 5.79. The number of rotatable bonds is 2. The number of hydrogen-bond donors (Lipinski definition) is 0. The Morgan fingerprint density at radius 1 is 1.42 bits per heavy atom. The van der Waals surface area contributed by atoms with E-state index >= 15 is 0 Å². The van der Waals surface area contributed by atoms with Gasteiger partial charge in [-0.05, 0) is 17.7 Å². The molecule has 0 heterocycles. The molecule has 1 aromatic carbocycles. The lowest BCUT2D eigenvalue weighted by Gasteiger charge is -1.91. The van der Waals surface area contributed by atoms with E-state index in [1.54, 1.807) is 30.5 Å². The van der Waals surface area contributed by atoms with Crippen LogP contribution in [0.2, 0.25) is 0 Å². The van der Waals surface area contributed by atoms with Crippen molar-refractivity contribution >= 4 is 6.21 Å². The van der Waals surface area contributed by atoms with E-state index < -0.39 is 0 Å². The first-order valence-corrected chi connectivity index (χ1v) is 3.43. The highest BCUT2D eigenvalue weighted by atomic mass is 16.6. The average Bonchev–Trinajstić information content (AvgIpc) is 2.15. The Kier molecular flexibility index (Phi) is 2.86. The molecular formula is C9H8N2O. The summed E-state index contributed by atoms with van der Waals surface area (Å²) in [6.07, 6.45) is 1.58. The fourth-order valence-electron chi connectivity index (χ4n) is 0.757. The third-order valence-corrected chi connectivity index (χ3v) is 1.35. The zero-order valence-corrected chi connectivity index (χ0v) is 6.69. The van der Waals surface area contributed by atoms with Crippen molar-refractivity contribution < 1.29 is 4.84 Å². The molecule has 3 nitrogen and oxygen atoms in total. The molecule has 0 aliphatic carbocycles. The first-order chi connectivity index (χ1) is 5.86. The van der Waals surface area contributed by atoms with Crippen molar-refractivity contribution in [3.8, 4) is 6.07 Å². The predicted molar refractivity (Wildman–Crippen MR) is 45.8 cm³/mol. The van der Waals surface area contributed by atoms with Crippen LogP contribution < -0.4 is 0 Å². The Morgan fingerprint density at radius 3 is 2.58 bits per heavy atom. The second kappa shape index (κ2) is 4.14. The molecule has 0 N–H and O–H groups in total. The van der Waals surface area contributed by atoms with Crippen LogP contribution >= 0.6 is 0 Å². The van der Waals surface area contributed by atoms with Gasteiger partial charge in [-0.15, -0.1) is 0 Å². The van der Waals surface area contributed by atoms with Gasteiger partial charge in [-0.2, -0.15) is 5.26 Å². The molecule has 0 aromatic heterocycles. The van der Waals surface area contributed by atoms with Crippen LogP contribution in [0.15, 0.2) is 29.4 Å². The summed E-state index contributed by atoms with van der Waals surface area (Å²) in [6.45, 7) is 0. The molecule has 0 amide bonds. The van der Waals surface area contributed by atoms with Gasteiger partial charge in [0.05, 0.1) is 17.8 Å². The molecule has 0 saturated carbocycles. The van der Waals surface area contributed by atoms with Crippen LogP contribution in [0.1, 0.15) is 11.1 Å². The molecule has 0 radical (unpaired) electrons. The van der Waals surface area contributed by atoms with Crippen molar-refractivity contribution in [2.45, 2.75) is 0 Å². The SMILES string of the molecule is CO/N=C\c1ccc(C#N)cc1. The van der Waals surface area contributed by atoms with E-state index in [-0.39, 0.29) is 0 Å². The summed E-state index contributed by atoms with van der Waals surface area (Å²) in [7, 11) is 1.49. The van der Waals surface area contributed by atoms with E-state index in [0.29, 0.717) is 5.56 Å². The lowest BCUT2D eigenvalue weighted by Crippen LogP contribution is -1.81. The third kappa shape index (κ3) is 2.10.